The number of carbonyl (C=O) groups excluding carboxylic acids is 1. The highest BCUT2D eigenvalue weighted by atomic mass is 32.2. The second-order valence-electron chi connectivity index (χ2n) is 6.12. The highest BCUT2D eigenvalue weighted by Gasteiger charge is 2.34. The summed E-state index contributed by atoms with van der Waals surface area (Å²) in [6.07, 6.45) is -0.483. The molecular formula is C20H20N4O3S. The fourth-order valence-electron chi connectivity index (χ4n) is 3.26. The second kappa shape index (κ2) is 7.55. The molecule has 0 aromatic heterocycles. The monoisotopic (exact) mass is 396 g/mol. The largest absolute Gasteiger partial charge is 0.493 e. The zero-order valence-corrected chi connectivity index (χ0v) is 16.6. The number of nitrogens with one attached hydrogen (secondary N) is 1. The number of nitrogens with zero attached hydrogens (tertiary/aromatic N) is 3. The predicted molar refractivity (Wildman–Crippen MR) is 108 cm³/mol. The lowest BCUT2D eigenvalue weighted by Gasteiger charge is -2.34. The molecule has 8 heteroatoms. The molecule has 0 fully saturated rings. The van der Waals surface area contributed by atoms with Crippen molar-refractivity contribution in [2.45, 2.75) is 13.1 Å². The minimum atomic E-state index is -0.483. The van der Waals surface area contributed by atoms with E-state index < -0.39 is 6.17 Å². The highest BCUT2D eigenvalue weighted by molar-refractivity contribution is 8.13. The lowest BCUT2D eigenvalue weighted by Crippen LogP contribution is -2.50. The molecule has 2 aromatic rings. The molecule has 144 valence electrons. The summed E-state index contributed by atoms with van der Waals surface area (Å²) in [5, 5.41) is 11.3. The number of methoxy groups -OCH3 is 2. The number of amidine groups is 1. The van der Waals surface area contributed by atoms with Gasteiger partial charge in [-0.3, -0.25) is 15.1 Å². The Hall–Kier alpha value is -3.00. The normalized spacial score (nSPS) is 17.8. The van der Waals surface area contributed by atoms with E-state index in [2.05, 4.69) is 10.4 Å². The molecule has 2 heterocycles. The van der Waals surface area contributed by atoms with Gasteiger partial charge in [0.15, 0.2) is 22.8 Å². The van der Waals surface area contributed by atoms with Crippen molar-refractivity contribution in [3.8, 4) is 11.5 Å². The summed E-state index contributed by atoms with van der Waals surface area (Å²) in [5.41, 5.74) is 1.34. The average Bonchev–Trinajstić information content (AvgIpc) is 2.72. The van der Waals surface area contributed by atoms with Crippen LogP contribution in [0.15, 0.2) is 52.6 Å². The van der Waals surface area contributed by atoms with Crippen LogP contribution < -0.4 is 25.4 Å². The van der Waals surface area contributed by atoms with Crippen molar-refractivity contribution in [2.75, 3.05) is 20.0 Å². The molecule has 2 aliphatic rings. The van der Waals surface area contributed by atoms with Gasteiger partial charge in [0.25, 0.3) is 5.91 Å². The number of benzene rings is 2. The van der Waals surface area contributed by atoms with Crippen LogP contribution in [0.5, 0.6) is 11.5 Å². The maximum atomic E-state index is 12.9. The molecular weight excluding hydrogens is 376 g/mol. The Morgan fingerprint density at radius 3 is 2.68 bits per heavy atom. The number of thioether (sulfide) groups is 1. The number of fused-ring (bicyclic) bond motifs is 2. The predicted octanol–water partition coefficient (Wildman–Crippen LogP) is 1.60. The van der Waals surface area contributed by atoms with Crippen LogP contribution in [0.25, 0.3) is 5.70 Å². The van der Waals surface area contributed by atoms with Gasteiger partial charge < -0.3 is 9.47 Å². The molecule has 1 unspecified atom stereocenters. The molecule has 0 saturated carbocycles. The first kappa shape index (κ1) is 18.4. The zero-order valence-electron chi connectivity index (χ0n) is 15.8. The third-order valence-electron chi connectivity index (χ3n) is 4.50. The lowest BCUT2D eigenvalue weighted by molar-refractivity contribution is -0.116. The van der Waals surface area contributed by atoms with Crippen LogP contribution in [0.2, 0.25) is 0 Å². The standard InChI is InChI=1S/C20H20N4O3S/c1-4-28-20-22-19(25)17-13-7-5-6-8-14(13)21-18(24(17)23-20)12-9-10-15(26-2)16(11-12)27-3/h5-11,18H,4H2,1-3H3,(H,22,23,25). The summed E-state index contributed by atoms with van der Waals surface area (Å²) < 4.78 is 10.8. The Balaban J connectivity index is 1.92. The van der Waals surface area contributed by atoms with Crippen molar-refractivity contribution in [2.24, 2.45) is 10.1 Å². The SMILES string of the molecule is CCSC1=NN2C(=c3ccccc3=NC2c2ccc(OC)c(OC)c2)C(=O)N1. The quantitative estimate of drug-likeness (QED) is 0.850. The number of para-hydroxylation sites is 1. The molecule has 7 nitrogen and oxygen atoms in total. The smallest absolute Gasteiger partial charge is 0.276 e. The second-order valence-corrected chi connectivity index (χ2v) is 7.37. The van der Waals surface area contributed by atoms with Crippen LogP contribution in [-0.4, -0.2) is 36.1 Å². The maximum absolute atomic E-state index is 12.9. The van der Waals surface area contributed by atoms with Gasteiger partial charge in [0.1, 0.15) is 5.70 Å². The third kappa shape index (κ3) is 3.09. The van der Waals surface area contributed by atoms with Crippen molar-refractivity contribution in [1.82, 2.24) is 10.3 Å². The van der Waals surface area contributed by atoms with Crippen LogP contribution in [0.1, 0.15) is 18.7 Å². The minimum absolute atomic E-state index is 0.182. The number of rotatable bonds is 4. The van der Waals surface area contributed by atoms with E-state index in [1.807, 2.05) is 49.4 Å². The molecule has 0 radical (unpaired) electrons. The molecule has 0 aliphatic carbocycles. The first-order chi connectivity index (χ1) is 13.7. The van der Waals surface area contributed by atoms with Crippen LogP contribution in [0.4, 0.5) is 0 Å². The first-order valence-electron chi connectivity index (χ1n) is 8.87. The molecule has 1 N–H and O–H groups in total. The molecule has 28 heavy (non-hydrogen) atoms. The van der Waals surface area contributed by atoms with Gasteiger partial charge in [-0.2, -0.15) is 0 Å². The number of hydrogen-bond acceptors (Lipinski definition) is 7. The van der Waals surface area contributed by atoms with Crippen LogP contribution >= 0.6 is 11.8 Å². The van der Waals surface area contributed by atoms with Gasteiger partial charge in [0.05, 0.1) is 19.6 Å². The maximum Gasteiger partial charge on any atom is 0.276 e. The Labute approximate surface area is 166 Å². The van der Waals surface area contributed by atoms with Crippen molar-refractivity contribution in [3.63, 3.8) is 0 Å². The summed E-state index contributed by atoms with van der Waals surface area (Å²) in [6, 6.07) is 13.2. The molecule has 0 spiro atoms. The van der Waals surface area contributed by atoms with E-state index in [-0.39, 0.29) is 5.91 Å². The average molecular weight is 396 g/mol. The van der Waals surface area contributed by atoms with E-state index in [1.54, 1.807) is 19.2 Å². The first-order valence-corrected chi connectivity index (χ1v) is 9.86. The molecule has 2 aliphatic heterocycles. The van der Waals surface area contributed by atoms with Crippen molar-refractivity contribution >= 4 is 28.5 Å². The van der Waals surface area contributed by atoms with Gasteiger partial charge in [-0.15, -0.1) is 5.10 Å². The number of hydrogen-bond donors (Lipinski definition) is 1. The molecule has 4 rings (SSSR count). The Morgan fingerprint density at radius 2 is 1.93 bits per heavy atom. The van der Waals surface area contributed by atoms with E-state index in [0.29, 0.717) is 22.4 Å². The van der Waals surface area contributed by atoms with Crippen LogP contribution in [0, 0.1) is 0 Å². The highest BCUT2D eigenvalue weighted by Crippen LogP contribution is 2.35. The van der Waals surface area contributed by atoms with Gasteiger partial charge in [0.2, 0.25) is 0 Å². The van der Waals surface area contributed by atoms with E-state index in [9.17, 15) is 4.79 Å². The molecule has 1 amide bonds. The van der Waals surface area contributed by atoms with Crippen molar-refractivity contribution in [1.29, 1.82) is 0 Å². The molecule has 2 aromatic carbocycles. The Kier molecular flexibility index (Phi) is 4.95. The lowest BCUT2D eigenvalue weighted by atomic mass is 10.1. The summed E-state index contributed by atoms with van der Waals surface area (Å²) in [5.74, 6) is 1.86. The summed E-state index contributed by atoms with van der Waals surface area (Å²) in [7, 11) is 3.19. The fourth-order valence-corrected chi connectivity index (χ4v) is 3.84. The topological polar surface area (TPSA) is 75.5 Å². The van der Waals surface area contributed by atoms with Crippen molar-refractivity contribution < 1.29 is 14.3 Å². The molecule has 0 saturated heterocycles. The Morgan fingerprint density at radius 1 is 1.14 bits per heavy atom. The molecule has 0 bridgehead atoms. The third-order valence-corrected chi connectivity index (χ3v) is 5.25. The molecule has 1 atom stereocenters. The van der Waals surface area contributed by atoms with Gasteiger partial charge in [0, 0.05) is 10.8 Å². The summed E-state index contributed by atoms with van der Waals surface area (Å²) in [6.45, 7) is 2.01. The zero-order chi connectivity index (χ0) is 19.7. The van der Waals surface area contributed by atoms with E-state index in [1.165, 1.54) is 11.8 Å². The fraction of sp³-hybridized carbons (Fsp3) is 0.250. The van der Waals surface area contributed by atoms with Gasteiger partial charge >= 0.3 is 0 Å². The number of ether oxygens (including phenoxy) is 2. The number of amides is 1. The summed E-state index contributed by atoms with van der Waals surface area (Å²) in [4.78, 5) is 17.8. The van der Waals surface area contributed by atoms with Gasteiger partial charge in [-0.05, 0) is 24.0 Å². The van der Waals surface area contributed by atoms with E-state index in [4.69, 9.17) is 14.5 Å². The van der Waals surface area contributed by atoms with E-state index >= 15 is 0 Å². The van der Waals surface area contributed by atoms with Crippen LogP contribution in [-0.2, 0) is 4.79 Å². The van der Waals surface area contributed by atoms with Crippen LogP contribution in [0.3, 0.4) is 0 Å². The van der Waals surface area contributed by atoms with E-state index in [0.717, 1.165) is 21.9 Å². The van der Waals surface area contributed by atoms with Gasteiger partial charge in [-0.25, -0.2) is 5.01 Å². The van der Waals surface area contributed by atoms with Gasteiger partial charge in [-0.1, -0.05) is 43.0 Å². The summed E-state index contributed by atoms with van der Waals surface area (Å²) >= 11 is 1.48. The Bertz CT molecular complexity index is 1080. The number of carbonyl (C=O) groups is 1. The number of hydrazone groups is 1. The van der Waals surface area contributed by atoms with Crippen molar-refractivity contribution in [3.05, 3.63) is 58.6 Å². The minimum Gasteiger partial charge on any atom is -0.493 e.